The first-order chi connectivity index (χ1) is 9.70. The number of nitrogens with two attached hydrogens (primary N) is 1. The summed E-state index contributed by atoms with van der Waals surface area (Å²) in [6, 6.07) is 8.99. The first-order valence-electron chi connectivity index (χ1n) is 7.27. The van der Waals surface area contributed by atoms with E-state index in [-0.39, 0.29) is 0 Å². The summed E-state index contributed by atoms with van der Waals surface area (Å²) in [6.07, 6.45) is 7.79. The van der Waals surface area contributed by atoms with E-state index in [0.717, 1.165) is 31.2 Å². The molecule has 20 heavy (non-hydrogen) atoms. The molecule has 0 amide bonds. The van der Waals surface area contributed by atoms with E-state index in [9.17, 15) is 0 Å². The number of aromatic nitrogens is 2. The predicted molar refractivity (Wildman–Crippen MR) is 81.2 cm³/mol. The van der Waals surface area contributed by atoms with Crippen LogP contribution in [-0.4, -0.2) is 27.3 Å². The van der Waals surface area contributed by atoms with Gasteiger partial charge in [0.25, 0.3) is 0 Å². The van der Waals surface area contributed by atoms with Crippen molar-refractivity contribution in [3.8, 4) is 0 Å². The number of nitrogen functional groups attached to an aromatic ring is 1. The van der Waals surface area contributed by atoms with Gasteiger partial charge < -0.3 is 5.73 Å². The Kier molecular flexibility index (Phi) is 3.74. The highest BCUT2D eigenvalue weighted by molar-refractivity contribution is 5.40. The molecule has 0 spiro atoms. The normalized spacial score (nSPS) is 14.9. The quantitative estimate of drug-likeness (QED) is 0.819. The van der Waals surface area contributed by atoms with Crippen molar-refractivity contribution < 1.29 is 0 Å². The zero-order valence-corrected chi connectivity index (χ0v) is 12.0. The monoisotopic (exact) mass is 270 g/mol. The number of anilines is 1. The van der Waals surface area contributed by atoms with Crippen molar-refractivity contribution in [2.45, 2.75) is 31.8 Å². The number of hydrogen-bond acceptors (Lipinski definition) is 3. The zero-order valence-electron chi connectivity index (χ0n) is 12.0. The number of aryl methyl sites for hydroxylation is 1. The van der Waals surface area contributed by atoms with Crippen LogP contribution in [0.15, 0.2) is 36.7 Å². The molecule has 4 nitrogen and oxygen atoms in total. The Morgan fingerprint density at radius 3 is 2.85 bits per heavy atom. The third-order valence-electron chi connectivity index (χ3n) is 3.85. The van der Waals surface area contributed by atoms with E-state index in [4.69, 9.17) is 5.73 Å². The lowest BCUT2D eigenvalue weighted by Gasteiger charge is -2.22. The number of hydrogen-bond donors (Lipinski definition) is 1. The molecule has 1 fully saturated rings. The molecule has 106 valence electrons. The number of benzene rings is 1. The van der Waals surface area contributed by atoms with Crippen LogP contribution in [0.4, 0.5) is 5.69 Å². The van der Waals surface area contributed by atoms with Gasteiger partial charge in [-0.15, -0.1) is 0 Å². The summed E-state index contributed by atoms with van der Waals surface area (Å²) in [5.41, 5.74) is 9.34. The first-order valence-corrected chi connectivity index (χ1v) is 7.27. The van der Waals surface area contributed by atoms with Crippen LogP contribution >= 0.6 is 0 Å². The van der Waals surface area contributed by atoms with Crippen LogP contribution in [0.5, 0.6) is 0 Å². The van der Waals surface area contributed by atoms with Crippen LogP contribution in [0.25, 0.3) is 0 Å². The lowest BCUT2D eigenvalue weighted by Crippen LogP contribution is -2.27. The molecule has 1 saturated carbocycles. The second kappa shape index (κ2) is 5.67. The Morgan fingerprint density at radius 2 is 2.20 bits per heavy atom. The highest BCUT2D eigenvalue weighted by Gasteiger charge is 2.28. The van der Waals surface area contributed by atoms with E-state index in [2.05, 4.69) is 28.3 Å². The van der Waals surface area contributed by atoms with Crippen molar-refractivity contribution in [1.82, 2.24) is 14.7 Å². The Balaban J connectivity index is 1.61. The minimum absolute atomic E-state index is 0.758. The predicted octanol–water partition coefficient (Wildman–Crippen LogP) is 2.21. The molecule has 0 radical (unpaired) electrons. The van der Waals surface area contributed by atoms with Crippen LogP contribution in [0.2, 0.25) is 0 Å². The molecule has 1 aromatic heterocycles. The van der Waals surface area contributed by atoms with Gasteiger partial charge in [-0.25, -0.2) is 0 Å². The van der Waals surface area contributed by atoms with Gasteiger partial charge in [0.15, 0.2) is 0 Å². The molecule has 1 aliphatic rings. The van der Waals surface area contributed by atoms with Gasteiger partial charge in [0.2, 0.25) is 0 Å². The Hall–Kier alpha value is -1.81. The minimum atomic E-state index is 0.758. The van der Waals surface area contributed by atoms with E-state index >= 15 is 0 Å². The SMILES string of the molecule is Cn1cc(CCN(Cc2cccc(N)c2)C2CC2)cn1. The van der Waals surface area contributed by atoms with Crippen molar-refractivity contribution in [1.29, 1.82) is 0 Å². The lowest BCUT2D eigenvalue weighted by molar-refractivity contribution is 0.258. The van der Waals surface area contributed by atoms with Crippen LogP contribution in [0.1, 0.15) is 24.0 Å². The van der Waals surface area contributed by atoms with Gasteiger partial charge in [0, 0.05) is 38.1 Å². The van der Waals surface area contributed by atoms with Crippen LogP contribution < -0.4 is 5.73 Å². The maximum Gasteiger partial charge on any atom is 0.0522 e. The highest BCUT2D eigenvalue weighted by atomic mass is 15.2. The van der Waals surface area contributed by atoms with E-state index in [0.29, 0.717) is 0 Å². The summed E-state index contributed by atoms with van der Waals surface area (Å²) in [7, 11) is 1.97. The van der Waals surface area contributed by atoms with Crippen LogP contribution in [0.3, 0.4) is 0 Å². The summed E-state index contributed by atoms with van der Waals surface area (Å²) < 4.78 is 1.87. The number of nitrogens with zero attached hydrogens (tertiary/aromatic N) is 3. The fourth-order valence-electron chi connectivity index (χ4n) is 2.63. The van der Waals surface area contributed by atoms with Crippen molar-refractivity contribution >= 4 is 5.69 Å². The maximum atomic E-state index is 5.86. The molecule has 0 atom stereocenters. The summed E-state index contributed by atoms with van der Waals surface area (Å²) in [6.45, 7) is 2.08. The van der Waals surface area contributed by atoms with Gasteiger partial charge in [0.05, 0.1) is 6.20 Å². The fraction of sp³-hybridized carbons (Fsp3) is 0.438. The van der Waals surface area contributed by atoms with Gasteiger partial charge in [-0.1, -0.05) is 12.1 Å². The molecule has 0 bridgehead atoms. The Morgan fingerprint density at radius 1 is 1.35 bits per heavy atom. The second-order valence-electron chi connectivity index (χ2n) is 5.72. The van der Waals surface area contributed by atoms with E-state index < -0.39 is 0 Å². The Bertz CT molecular complexity index is 571. The lowest BCUT2D eigenvalue weighted by atomic mass is 10.1. The van der Waals surface area contributed by atoms with E-state index in [1.807, 2.05) is 30.1 Å². The smallest absolute Gasteiger partial charge is 0.0522 e. The third kappa shape index (κ3) is 3.39. The molecule has 4 heteroatoms. The van der Waals surface area contributed by atoms with Crippen molar-refractivity contribution in [3.05, 3.63) is 47.8 Å². The Labute approximate surface area is 120 Å². The van der Waals surface area contributed by atoms with Crippen LogP contribution in [-0.2, 0) is 20.0 Å². The number of rotatable bonds is 6. The van der Waals surface area contributed by atoms with Gasteiger partial charge in [-0.2, -0.15) is 5.10 Å². The maximum absolute atomic E-state index is 5.86. The van der Waals surface area contributed by atoms with Crippen molar-refractivity contribution in [2.75, 3.05) is 12.3 Å². The van der Waals surface area contributed by atoms with Gasteiger partial charge in [0.1, 0.15) is 0 Å². The average molecular weight is 270 g/mol. The molecule has 1 aliphatic carbocycles. The molecular weight excluding hydrogens is 248 g/mol. The summed E-state index contributed by atoms with van der Waals surface area (Å²) in [5, 5.41) is 4.23. The largest absolute Gasteiger partial charge is 0.399 e. The summed E-state index contributed by atoms with van der Waals surface area (Å²) >= 11 is 0. The molecule has 1 aromatic carbocycles. The molecule has 1 heterocycles. The first kappa shape index (κ1) is 13.2. The minimum Gasteiger partial charge on any atom is -0.399 e. The van der Waals surface area contributed by atoms with E-state index in [1.54, 1.807) is 0 Å². The average Bonchev–Trinajstić information content (AvgIpc) is 3.18. The standard InChI is InChI=1S/C16H22N4/c1-19-11-14(10-18-19)7-8-20(16-5-6-16)12-13-3-2-4-15(17)9-13/h2-4,9-11,16H,5-8,12,17H2,1H3. The summed E-state index contributed by atoms with van der Waals surface area (Å²) in [5.74, 6) is 0. The zero-order chi connectivity index (χ0) is 13.9. The molecular formula is C16H22N4. The highest BCUT2D eigenvalue weighted by Crippen LogP contribution is 2.28. The molecule has 0 aliphatic heterocycles. The topological polar surface area (TPSA) is 47.1 Å². The van der Waals surface area contributed by atoms with E-state index in [1.165, 1.54) is 24.0 Å². The van der Waals surface area contributed by atoms with Gasteiger partial charge in [-0.3, -0.25) is 9.58 Å². The second-order valence-corrected chi connectivity index (χ2v) is 5.72. The fourth-order valence-corrected chi connectivity index (χ4v) is 2.63. The third-order valence-corrected chi connectivity index (χ3v) is 3.85. The van der Waals surface area contributed by atoms with Gasteiger partial charge >= 0.3 is 0 Å². The molecule has 0 saturated heterocycles. The van der Waals surface area contributed by atoms with Crippen molar-refractivity contribution in [3.63, 3.8) is 0 Å². The van der Waals surface area contributed by atoms with Crippen LogP contribution in [0, 0.1) is 0 Å². The molecule has 2 N–H and O–H groups in total. The van der Waals surface area contributed by atoms with Gasteiger partial charge in [-0.05, 0) is 42.5 Å². The molecule has 2 aromatic rings. The summed E-state index contributed by atoms with van der Waals surface area (Å²) in [4.78, 5) is 2.57. The molecule has 3 rings (SSSR count). The van der Waals surface area contributed by atoms with Crippen molar-refractivity contribution in [2.24, 2.45) is 7.05 Å². The molecule has 0 unspecified atom stereocenters.